The van der Waals surface area contributed by atoms with Gasteiger partial charge in [-0.2, -0.15) is 13.2 Å². The molecular weight excluding hydrogens is 384 g/mol. The van der Waals surface area contributed by atoms with Crippen molar-refractivity contribution in [3.63, 3.8) is 0 Å². The van der Waals surface area contributed by atoms with Crippen LogP contribution in [0.1, 0.15) is 19.5 Å². The predicted octanol–water partition coefficient (Wildman–Crippen LogP) is 2.85. The molecule has 1 aromatic carbocycles. The fraction of sp³-hybridized carbons (Fsp3) is 0.333. The van der Waals surface area contributed by atoms with Crippen LogP contribution in [0.25, 0.3) is 5.69 Å². The van der Waals surface area contributed by atoms with Crippen LogP contribution in [0.3, 0.4) is 0 Å². The maximum atomic E-state index is 14.5. The SMILES string of the molecule is Cn1c(C(F)(F)F)cc(=O)n(-c2c(F)cc(Cl)c3c2OC(C)(C)O3)c1=O. The van der Waals surface area contributed by atoms with Crippen molar-refractivity contribution in [2.45, 2.75) is 25.8 Å². The van der Waals surface area contributed by atoms with E-state index < -0.39 is 40.4 Å². The second kappa shape index (κ2) is 5.50. The Bertz CT molecular complexity index is 1040. The first kappa shape index (κ1) is 18.3. The highest BCUT2D eigenvalue weighted by Gasteiger charge is 2.39. The zero-order chi connectivity index (χ0) is 19.6. The van der Waals surface area contributed by atoms with E-state index in [0.717, 1.165) is 13.1 Å². The van der Waals surface area contributed by atoms with Crippen molar-refractivity contribution in [3.05, 3.63) is 49.5 Å². The van der Waals surface area contributed by atoms with E-state index in [0.29, 0.717) is 0 Å². The lowest BCUT2D eigenvalue weighted by Crippen LogP contribution is -2.41. The van der Waals surface area contributed by atoms with Gasteiger partial charge in [-0.25, -0.2) is 13.8 Å². The maximum absolute atomic E-state index is 14.5. The van der Waals surface area contributed by atoms with Gasteiger partial charge in [0.2, 0.25) is 5.79 Å². The predicted molar refractivity (Wildman–Crippen MR) is 82.6 cm³/mol. The van der Waals surface area contributed by atoms with E-state index in [4.69, 9.17) is 21.1 Å². The third kappa shape index (κ3) is 2.74. The minimum Gasteiger partial charge on any atom is -0.447 e. The molecule has 11 heteroatoms. The molecule has 0 N–H and O–H groups in total. The lowest BCUT2D eigenvalue weighted by Gasteiger charge is -2.17. The average Bonchev–Trinajstić information content (AvgIpc) is 2.81. The molecule has 2 aromatic rings. The monoisotopic (exact) mass is 394 g/mol. The van der Waals surface area contributed by atoms with Gasteiger partial charge in [0.25, 0.3) is 5.56 Å². The normalized spacial score (nSPS) is 15.4. The topological polar surface area (TPSA) is 62.5 Å². The van der Waals surface area contributed by atoms with E-state index in [2.05, 4.69) is 0 Å². The largest absolute Gasteiger partial charge is 0.447 e. The second-order valence-corrected chi connectivity index (χ2v) is 6.40. The summed E-state index contributed by atoms with van der Waals surface area (Å²) < 4.78 is 64.6. The van der Waals surface area contributed by atoms with Crippen LogP contribution in [0.4, 0.5) is 17.6 Å². The van der Waals surface area contributed by atoms with Gasteiger partial charge in [0, 0.05) is 27.0 Å². The average molecular weight is 395 g/mol. The number of nitrogens with zero attached hydrogens (tertiary/aromatic N) is 2. The number of benzene rings is 1. The van der Waals surface area contributed by atoms with Crippen molar-refractivity contribution in [2.75, 3.05) is 0 Å². The molecule has 1 aliphatic rings. The molecule has 0 unspecified atom stereocenters. The summed E-state index contributed by atoms with van der Waals surface area (Å²) in [7, 11) is 0.816. The van der Waals surface area contributed by atoms with Crippen molar-refractivity contribution in [1.29, 1.82) is 0 Å². The molecule has 0 aliphatic carbocycles. The number of ether oxygens (including phenoxy) is 2. The Labute approximate surface area is 148 Å². The molecule has 0 atom stereocenters. The number of aromatic nitrogens is 2. The Kier molecular flexibility index (Phi) is 3.87. The Morgan fingerprint density at radius 2 is 1.69 bits per heavy atom. The van der Waals surface area contributed by atoms with Crippen molar-refractivity contribution in [3.8, 4) is 17.2 Å². The number of rotatable bonds is 1. The quantitative estimate of drug-likeness (QED) is 0.698. The number of alkyl halides is 3. The van der Waals surface area contributed by atoms with E-state index in [9.17, 15) is 27.2 Å². The zero-order valence-electron chi connectivity index (χ0n) is 13.6. The molecule has 26 heavy (non-hydrogen) atoms. The van der Waals surface area contributed by atoms with E-state index in [1.165, 1.54) is 13.8 Å². The molecule has 1 aliphatic heterocycles. The molecule has 0 spiro atoms. The number of halogens is 5. The molecule has 140 valence electrons. The summed E-state index contributed by atoms with van der Waals surface area (Å²) in [5.41, 5.74) is -4.92. The molecule has 0 saturated heterocycles. The van der Waals surface area contributed by atoms with Crippen LogP contribution < -0.4 is 20.7 Å². The molecule has 1 aromatic heterocycles. The lowest BCUT2D eigenvalue weighted by molar-refractivity contribution is -0.144. The summed E-state index contributed by atoms with van der Waals surface area (Å²) in [6, 6.07) is 0.979. The maximum Gasteiger partial charge on any atom is 0.431 e. The standard InChI is InChI=1S/C15H11ClF4N2O4/c1-14(2)25-11-6(16)4-7(17)10(12(11)26-14)22-9(23)5-8(15(18,19)20)21(3)13(22)24/h4-5H,1-3H3. The van der Waals surface area contributed by atoms with Crippen LogP contribution in [0.5, 0.6) is 11.5 Å². The molecule has 0 bridgehead atoms. The van der Waals surface area contributed by atoms with Gasteiger partial charge in [0.05, 0.1) is 5.02 Å². The van der Waals surface area contributed by atoms with Gasteiger partial charge >= 0.3 is 11.9 Å². The summed E-state index contributed by atoms with van der Waals surface area (Å²) >= 11 is 5.89. The third-order valence-electron chi connectivity index (χ3n) is 3.65. The van der Waals surface area contributed by atoms with Gasteiger partial charge in [-0.05, 0) is 6.07 Å². The molecule has 0 amide bonds. The van der Waals surface area contributed by atoms with Crippen molar-refractivity contribution in [1.82, 2.24) is 9.13 Å². The van der Waals surface area contributed by atoms with Crippen molar-refractivity contribution < 1.29 is 27.0 Å². The molecule has 6 nitrogen and oxygen atoms in total. The molecule has 0 radical (unpaired) electrons. The second-order valence-electron chi connectivity index (χ2n) is 5.99. The van der Waals surface area contributed by atoms with Crippen LogP contribution in [0.2, 0.25) is 5.02 Å². The summed E-state index contributed by atoms with van der Waals surface area (Å²) in [6.07, 6.45) is -4.94. The van der Waals surface area contributed by atoms with Crippen LogP contribution in [0.15, 0.2) is 21.7 Å². The number of hydrogen-bond donors (Lipinski definition) is 0. The van der Waals surface area contributed by atoms with Crippen LogP contribution in [-0.2, 0) is 13.2 Å². The van der Waals surface area contributed by atoms with Gasteiger partial charge in [0.1, 0.15) is 11.4 Å². The van der Waals surface area contributed by atoms with E-state index >= 15 is 0 Å². The third-order valence-corrected chi connectivity index (χ3v) is 3.93. The fourth-order valence-electron chi connectivity index (χ4n) is 2.58. The summed E-state index contributed by atoms with van der Waals surface area (Å²) in [5, 5.41) is -0.177. The van der Waals surface area contributed by atoms with Gasteiger partial charge < -0.3 is 9.47 Å². The van der Waals surface area contributed by atoms with Gasteiger partial charge in [-0.1, -0.05) is 11.6 Å². The Hall–Kier alpha value is -2.49. The highest BCUT2D eigenvalue weighted by molar-refractivity contribution is 6.32. The van der Waals surface area contributed by atoms with E-state index in [-0.39, 0.29) is 31.7 Å². The Morgan fingerprint density at radius 1 is 1.12 bits per heavy atom. The van der Waals surface area contributed by atoms with Crippen LogP contribution in [-0.4, -0.2) is 14.9 Å². The molecular formula is C15H11ClF4N2O4. The minimum atomic E-state index is -4.94. The van der Waals surface area contributed by atoms with Crippen LogP contribution >= 0.6 is 11.6 Å². The Balaban J connectivity index is 2.38. The highest BCUT2D eigenvalue weighted by Crippen LogP contribution is 2.48. The van der Waals surface area contributed by atoms with E-state index in [1.54, 1.807) is 0 Å². The number of hydrogen-bond acceptors (Lipinski definition) is 4. The zero-order valence-corrected chi connectivity index (χ0v) is 14.3. The summed E-state index contributed by atoms with van der Waals surface area (Å²) in [6.45, 7) is 2.94. The first-order valence-electron chi connectivity index (χ1n) is 7.14. The van der Waals surface area contributed by atoms with E-state index in [1.807, 2.05) is 0 Å². The van der Waals surface area contributed by atoms with Crippen molar-refractivity contribution in [2.24, 2.45) is 7.05 Å². The van der Waals surface area contributed by atoms with Gasteiger partial charge in [-0.3, -0.25) is 9.36 Å². The smallest absolute Gasteiger partial charge is 0.431 e. The highest BCUT2D eigenvalue weighted by atomic mass is 35.5. The van der Waals surface area contributed by atoms with Gasteiger partial charge in [-0.15, -0.1) is 0 Å². The lowest BCUT2D eigenvalue weighted by atomic mass is 10.2. The molecule has 3 rings (SSSR count). The molecule has 0 fully saturated rings. The molecule has 0 saturated carbocycles. The summed E-state index contributed by atoms with van der Waals surface area (Å²) in [5.74, 6) is -2.88. The number of fused-ring (bicyclic) bond motifs is 1. The summed E-state index contributed by atoms with van der Waals surface area (Å²) in [4.78, 5) is 24.6. The molecule has 2 heterocycles. The first-order valence-corrected chi connectivity index (χ1v) is 7.52. The Morgan fingerprint density at radius 3 is 2.27 bits per heavy atom. The van der Waals surface area contributed by atoms with Crippen molar-refractivity contribution >= 4 is 11.6 Å². The van der Waals surface area contributed by atoms with Gasteiger partial charge in [0.15, 0.2) is 17.3 Å². The fourth-order valence-corrected chi connectivity index (χ4v) is 2.80. The van der Waals surface area contributed by atoms with Crippen LogP contribution in [0, 0.1) is 5.82 Å². The minimum absolute atomic E-state index is 0.123. The first-order chi connectivity index (χ1) is 11.8.